The van der Waals surface area contributed by atoms with E-state index in [9.17, 15) is 9.59 Å². The molecule has 0 spiro atoms. The molecule has 0 bridgehead atoms. The van der Waals surface area contributed by atoms with Gasteiger partial charge in [0.1, 0.15) is 0 Å². The molecule has 1 aromatic heterocycles. The molecule has 1 saturated carbocycles. The van der Waals surface area contributed by atoms with Crippen molar-refractivity contribution < 1.29 is 19.4 Å². The Morgan fingerprint density at radius 1 is 1.38 bits per heavy atom. The molecule has 0 saturated heterocycles. The maximum absolute atomic E-state index is 12.1. The van der Waals surface area contributed by atoms with E-state index in [-0.39, 0.29) is 17.7 Å². The molecule has 1 aliphatic rings. The molecule has 1 aromatic rings. The van der Waals surface area contributed by atoms with Crippen molar-refractivity contribution in [3.05, 3.63) is 12.4 Å². The van der Waals surface area contributed by atoms with E-state index in [1.807, 2.05) is 0 Å². The number of nitrogens with zero attached hydrogens (tertiary/aromatic N) is 2. The van der Waals surface area contributed by atoms with Crippen molar-refractivity contribution in [1.29, 1.82) is 0 Å². The number of hydrogen-bond acceptors (Lipinski definition) is 4. The van der Waals surface area contributed by atoms with E-state index < -0.39 is 5.97 Å². The lowest BCUT2D eigenvalue weighted by Crippen LogP contribution is -2.29. The van der Waals surface area contributed by atoms with Gasteiger partial charge in [-0.2, -0.15) is 5.10 Å². The van der Waals surface area contributed by atoms with E-state index in [1.54, 1.807) is 24.2 Å². The number of aliphatic carboxylic acids is 1. The number of carboxylic acid groups (broad SMARTS) is 1. The Morgan fingerprint density at radius 3 is 2.67 bits per heavy atom. The third kappa shape index (κ3) is 4.29. The van der Waals surface area contributed by atoms with Gasteiger partial charge in [0.15, 0.2) is 0 Å². The van der Waals surface area contributed by atoms with E-state index >= 15 is 0 Å². The summed E-state index contributed by atoms with van der Waals surface area (Å²) < 4.78 is 6.67. The number of rotatable bonds is 6. The molecule has 21 heavy (non-hydrogen) atoms. The number of carbonyl (C=O) groups is 2. The Hall–Kier alpha value is -1.89. The summed E-state index contributed by atoms with van der Waals surface area (Å²) in [4.78, 5) is 23.0. The van der Waals surface area contributed by atoms with Crippen LogP contribution in [0.15, 0.2) is 12.4 Å². The zero-order valence-electron chi connectivity index (χ0n) is 12.1. The van der Waals surface area contributed by atoms with Gasteiger partial charge in [-0.25, -0.2) is 0 Å². The molecule has 1 amide bonds. The van der Waals surface area contributed by atoms with Crippen LogP contribution in [0.4, 0.5) is 5.69 Å². The molecule has 7 nitrogen and oxygen atoms in total. The summed E-state index contributed by atoms with van der Waals surface area (Å²) in [5, 5.41) is 15.9. The van der Waals surface area contributed by atoms with Crippen molar-refractivity contribution in [2.24, 2.45) is 11.8 Å². The largest absolute Gasteiger partial charge is 0.481 e. The average molecular weight is 295 g/mol. The highest BCUT2D eigenvalue weighted by molar-refractivity contribution is 5.92. The quantitative estimate of drug-likeness (QED) is 0.826. The summed E-state index contributed by atoms with van der Waals surface area (Å²) in [5.41, 5.74) is 0.663. The number of nitrogens with one attached hydrogen (secondary N) is 1. The predicted octanol–water partition coefficient (Wildman–Crippen LogP) is 1.36. The van der Waals surface area contributed by atoms with E-state index in [4.69, 9.17) is 9.84 Å². The first kappa shape index (κ1) is 15.5. The second-order valence-electron chi connectivity index (χ2n) is 5.36. The summed E-state index contributed by atoms with van der Waals surface area (Å²) in [6.45, 7) is 1.20. The van der Waals surface area contributed by atoms with E-state index in [0.717, 1.165) is 0 Å². The van der Waals surface area contributed by atoms with Gasteiger partial charge >= 0.3 is 5.97 Å². The maximum Gasteiger partial charge on any atom is 0.306 e. The number of carboxylic acids is 1. The third-order valence-corrected chi connectivity index (χ3v) is 3.87. The molecule has 0 aromatic carbocycles. The zero-order chi connectivity index (χ0) is 15.2. The molecule has 1 aliphatic carbocycles. The highest BCUT2D eigenvalue weighted by atomic mass is 16.5. The lowest BCUT2D eigenvalue weighted by molar-refractivity contribution is -0.143. The summed E-state index contributed by atoms with van der Waals surface area (Å²) in [6, 6.07) is 0. The van der Waals surface area contributed by atoms with Crippen LogP contribution in [0, 0.1) is 11.8 Å². The van der Waals surface area contributed by atoms with Gasteiger partial charge < -0.3 is 15.2 Å². The van der Waals surface area contributed by atoms with Crippen LogP contribution in [-0.2, 0) is 20.9 Å². The molecule has 1 heterocycles. The smallest absolute Gasteiger partial charge is 0.306 e. The van der Waals surface area contributed by atoms with Gasteiger partial charge in [0.05, 0.1) is 31.0 Å². The van der Waals surface area contributed by atoms with Gasteiger partial charge in [-0.1, -0.05) is 0 Å². The van der Waals surface area contributed by atoms with Gasteiger partial charge in [0.25, 0.3) is 0 Å². The molecule has 2 rings (SSSR count). The second kappa shape index (κ2) is 7.21. The predicted molar refractivity (Wildman–Crippen MR) is 75.8 cm³/mol. The fraction of sp³-hybridized carbons (Fsp3) is 0.643. The van der Waals surface area contributed by atoms with Crippen LogP contribution < -0.4 is 5.32 Å². The first-order chi connectivity index (χ1) is 10.1. The first-order valence-corrected chi connectivity index (χ1v) is 7.15. The lowest BCUT2D eigenvalue weighted by atomic mass is 9.81. The molecule has 1 fully saturated rings. The molecular formula is C14H21N3O4. The number of methoxy groups -OCH3 is 1. The van der Waals surface area contributed by atoms with Crippen molar-refractivity contribution in [3.63, 3.8) is 0 Å². The summed E-state index contributed by atoms with van der Waals surface area (Å²) in [7, 11) is 1.62. The highest BCUT2D eigenvalue weighted by Crippen LogP contribution is 2.29. The standard InChI is InChI=1S/C14H21N3O4/c1-21-7-6-17-9-12(8-15-17)16-13(18)10-2-4-11(5-3-10)14(19)20/h8-11H,2-7H2,1H3,(H,16,18)(H,19,20). The zero-order valence-corrected chi connectivity index (χ0v) is 12.1. The van der Waals surface area contributed by atoms with Gasteiger partial charge in [-0.3, -0.25) is 14.3 Å². The SMILES string of the molecule is COCCn1cc(NC(=O)C2CCC(C(=O)O)CC2)cn1. The highest BCUT2D eigenvalue weighted by Gasteiger charge is 2.29. The molecule has 2 N–H and O–H groups in total. The van der Waals surface area contributed by atoms with E-state index in [1.165, 1.54) is 0 Å². The fourth-order valence-electron chi connectivity index (χ4n) is 2.58. The molecule has 0 aliphatic heterocycles. The minimum Gasteiger partial charge on any atom is -0.481 e. The van der Waals surface area contributed by atoms with Crippen LogP contribution in [0.5, 0.6) is 0 Å². The number of carbonyl (C=O) groups excluding carboxylic acids is 1. The van der Waals surface area contributed by atoms with Crippen molar-refractivity contribution in [2.45, 2.75) is 32.2 Å². The summed E-state index contributed by atoms with van der Waals surface area (Å²) in [5.74, 6) is -1.22. The lowest BCUT2D eigenvalue weighted by Gasteiger charge is -2.24. The van der Waals surface area contributed by atoms with Crippen molar-refractivity contribution in [1.82, 2.24) is 9.78 Å². The van der Waals surface area contributed by atoms with Gasteiger partial charge in [0, 0.05) is 19.2 Å². The Labute approximate surface area is 123 Å². The molecular weight excluding hydrogens is 274 g/mol. The summed E-state index contributed by atoms with van der Waals surface area (Å²) >= 11 is 0. The van der Waals surface area contributed by atoms with Crippen LogP contribution in [0.1, 0.15) is 25.7 Å². The number of hydrogen-bond donors (Lipinski definition) is 2. The van der Waals surface area contributed by atoms with Crippen LogP contribution >= 0.6 is 0 Å². The van der Waals surface area contributed by atoms with E-state index in [2.05, 4.69) is 10.4 Å². The van der Waals surface area contributed by atoms with Crippen LogP contribution in [0.25, 0.3) is 0 Å². The number of aromatic nitrogens is 2. The topological polar surface area (TPSA) is 93.5 Å². The Bertz CT molecular complexity index is 492. The Balaban J connectivity index is 1.82. The number of anilines is 1. The van der Waals surface area contributed by atoms with Crippen molar-refractivity contribution >= 4 is 17.6 Å². The van der Waals surface area contributed by atoms with Crippen LogP contribution in [0.3, 0.4) is 0 Å². The Kier molecular flexibility index (Phi) is 5.32. The van der Waals surface area contributed by atoms with Crippen molar-refractivity contribution in [2.75, 3.05) is 19.0 Å². The van der Waals surface area contributed by atoms with Crippen molar-refractivity contribution in [3.8, 4) is 0 Å². The fourth-order valence-corrected chi connectivity index (χ4v) is 2.58. The first-order valence-electron chi connectivity index (χ1n) is 7.15. The minimum absolute atomic E-state index is 0.0508. The van der Waals surface area contributed by atoms with Gasteiger partial charge in [-0.15, -0.1) is 0 Å². The third-order valence-electron chi connectivity index (χ3n) is 3.87. The van der Waals surface area contributed by atoms with Crippen LogP contribution in [0.2, 0.25) is 0 Å². The molecule has 0 unspecified atom stereocenters. The van der Waals surface area contributed by atoms with E-state index in [0.29, 0.717) is 44.5 Å². The molecule has 7 heteroatoms. The number of ether oxygens (including phenoxy) is 1. The molecule has 0 radical (unpaired) electrons. The normalized spacial score (nSPS) is 22.0. The van der Waals surface area contributed by atoms with Gasteiger partial charge in [-0.05, 0) is 25.7 Å². The molecule has 116 valence electrons. The average Bonchev–Trinajstić information content (AvgIpc) is 2.92. The monoisotopic (exact) mass is 295 g/mol. The maximum atomic E-state index is 12.1. The second-order valence-corrected chi connectivity index (χ2v) is 5.36. The summed E-state index contributed by atoms with van der Waals surface area (Å²) in [6.07, 6.45) is 5.76. The van der Waals surface area contributed by atoms with Gasteiger partial charge in [0.2, 0.25) is 5.91 Å². The Morgan fingerprint density at radius 2 is 2.05 bits per heavy atom. The number of amides is 1. The molecule has 0 atom stereocenters. The minimum atomic E-state index is -0.756. The van der Waals surface area contributed by atoms with Crippen LogP contribution in [-0.4, -0.2) is 40.5 Å².